The lowest BCUT2D eigenvalue weighted by molar-refractivity contribution is -0.136. The summed E-state index contributed by atoms with van der Waals surface area (Å²) >= 11 is 3.37. The van der Waals surface area contributed by atoms with Crippen LogP contribution in [0.5, 0.6) is 11.5 Å². The molecule has 0 aliphatic rings. The molecule has 37 heavy (non-hydrogen) atoms. The van der Waals surface area contributed by atoms with Crippen LogP contribution in [0.4, 0.5) is 11.4 Å². The highest BCUT2D eigenvalue weighted by Crippen LogP contribution is 2.24. The number of benzene rings is 3. The zero-order valence-corrected chi connectivity index (χ0v) is 22.2. The fraction of sp³-hybridized carbons (Fsp3) is 0.185. The fourth-order valence-electron chi connectivity index (χ4n) is 3.15. The standard InChI is InChI=1S/C27H27BrN4O5/c1-4-36-24-8-6-5-7-22(24)31-26(34)27(35)32-29-15-19-14-20(28)10-12-23(19)37-16-25(33)30-21-11-9-17(2)18(3)13-21/h5-15H,4,16H2,1-3H3,(H,30,33)(H,31,34)(H,32,35)/b29-15-. The van der Waals surface area contributed by atoms with Gasteiger partial charge in [0.25, 0.3) is 5.91 Å². The Labute approximate surface area is 223 Å². The Morgan fingerprint density at radius 1 is 0.892 bits per heavy atom. The van der Waals surface area contributed by atoms with Crippen molar-refractivity contribution in [1.82, 2.24) is 5.43 Å². The second-order valence-corrected chi connectivity index (χ2v) is 8.82. The molecule has 0 fully saturated rings. The van der Waals surface area contributed by atoms with Crippen molar-refractivity contribution >= 4 is 51.2 Å². The van der Waals surface area contributed by atoms with Crippen molar-refractivity contribution in [3.05, 3.63) is 81.8 Å². The summed E-state index contributed by atoms with van der Waals surface area (Å²) in [6.07, 6.45) is 1.32. The quantitative estimate of drug-likeness (QED) is 0.199. The number of nitrogens with zero attached hydrogens (tertiary/aromatic N) is 1. The van der Waals surface area contributed by atoms with Crippen LogP contribution in [0.1, 0.15) is 23.6 Å². The molecular weight excluding hydrogens is 540 g/mol. The van der Waals surface area contributed by atoms with Gasteiger partial charge in [0.05, 0.1) is 18.5 Å². The van der Waals surface area contributed by atoms with E-state index in [1.165, 1.54) is 6.21 Å². The van der Waals surface area contributed by atoms with Crippen LogP contribution in [-0.2, 0) is 14.4 Å². The van der Waals surface area contributed by atoms with Gasteiger partial charge >= 0.3 is 11.8 Å². The van der Waals surface area contributed by atoms with Crippen molar-refractivity contribution in [2.24, 2.45) is 5.10 Å². The van der Waals surface area contributed by atoms with Crippen LogP contribution >= 0.6 is 15.9 Å². The SMILES string of the molecule is CCOc1ccccc1NC(=O)C(=O)N/N=C\c1cc(Br)ccc1OCC(=O)Nc1ccc(C)c(C)c1. The molecule has 0 bridgehead atoms. The van der Waals surface area contributed by atoms with E-state index in [4.69, 9.17) is 9.47 Å². The predicted molar refractivity (Wildman–Crippen MR) is 146 cm³/mol. The maximum atomic E-state index is 12.4. The molecular formula is C27H27BrN4O5. The smallest absolute Gasteiger partial charge is 0.329 e. The Balaban J connectivity index is 1.59. The first-order valence-electron chi connectivity index (χ1n) is 11.4. The summed E-state index contributed by atoms with van der Waals surface area (Å²) < 4.78 is 11.8. The summed E-state index contributed by atoms with van der Waals surface area (Å²) in [6, 6.07) is 17.5. The van der Waals surface area contributed by atoms with Crippen LogP contribution in [0.2, 0.25) is 0 Å². The molecule has 0 aromatic heterocycles. The van der Waals surface area contributed by atoms with Crippen LogP contribution in [0.15, 0.2) is 70.2 Å². The molecule has 0 unspecified atom stereocenters. The van der Waals surface area contributed by atoms with Crippen molar-refractivity contribution < 1.29 is 23.9 Å². The predicted octanol–water partition coefficient (Wildman–Crippen LogP) is 4.57. The number of carbonyl (C=O) groups is 3. The number of amides is 3. The number of nitrogens with one attached hydrogen (secondary N) is 3. The Bertz CT molecular complexity index is 1330. The van der Waals surface area contributed by atoms with E-state index in [2.05, 4.69) is 37.1 Å². The van der Waals surface area contributed by atoms with Gasteiger partial charge in [-0.25, -0.2) is 5.43 Å². The van der Waals surface area contributed by atoms with Crippen molar-refractivity contribution in [3.8, 4) is 11.5 Å². The number of hydrogen-bond acceptors (Lipinski definition) is 6. The third-order valence-corrected chi connectivity index (χ3v) is 5.63. The van der Waals surface area contributed by atoms with Crippen LogP contribution < -0.4 is 25.5 Å². The molecule has 0 heterocycles. The van der Waals surface area contributed by atoms with Gasteiger partial charge in [-0.05, 0) is 74.4 Å². The van der Waals surface area contributed by atoms with E-state index in [-0.39, 0.29) is 12.5 Å². The second kappa shape index (κ2) is 13.2. The van der Waals surface area contributed by atoms with Gasteiger partial charge in [-0.15, -0.1) is 0 Å². The first-order chi connectivity index (χ1) is 17.8. The molecule has 3 amide bonds. The third-order valence-electron chi connectivity index (χ3n) is 5.13. The van der Waals surface area contributed by atoms with Crippen molar-refractivity contribution in [2.45, 2.75) is 20.8 Å². The molecule has 3 aromatic rings. The monoisotopic (exact) mass is 566 g/mol. The van der Waals surface area contributed by atoms with E-state index in [0.29, 0.717) is 35.0 Å². The van der Waals surface area contributed by atoms with Crippen LogP contribution in [-0.4, -0.2) is 37.1 Å². The molecule has 3 N–H and O–H groups in total. The normalized spacial score (nSPS) is 10.6. The van der Waals surface area contributed by atoms with E-state index in [9.17, 15) is 14.4 Å². The molecule has 0 saturated carbocycles. The van der Waals surface area contributed by atoms with E-state index < -0.39 is 11.8 Å². The fourth-order valence-corrected chi connectivity index (χ4v) is 3.53. The van der Waals surface area contributed by atoms with Gasteiger partial charge in [-0.2, -0.15) is 5.10 Å². The number of anilines is 2. The van der Waals surface area contributed by atoms with Crippen LogP contribution in [0.3, 0.4) is 0 Å². The number of rotatable bonds is 9. The molecule has 0 saturated heterocycles. The molecule has 10 heteroatoms. The minimum atomic E-state index is -0.965. The van der Waals surface area contributed by atoms with Crippen LogP contribution in [0.25, 0.3) is 0 Å². The lowest BCUT2D eigenvalue weighted by atomic mass is 10.1. The average Bonchev–Trinajstić information content (AvgIpc) is 2.87. The number of hydrazone groups is 1. The highest BCUT2D eigenvalue weighted by molar-refractivity contribution is 9.10. The number of ether oxygens (including phenoxy) is 2. The zero-order valence-electron chi connectivity index (χ0n) is 20.6. The zero-order chi connectivity index (χ0) is 26.8. The van der Waals surface area contributed by atoms with Gasteiger partial charge in [-0.3, -0.25) is 14.4 Å². The van der Waals surface area contributed by atoms with E-state index in [1.807, 2.05) is 39.0 Å². The van der Waals surface area contributed by atoms with Crippen LogP contribution in [0, 0.1) is 13.8 Å². The summed E-state index contributed by atoms with van der Waals surface area (Å²) in [5, 5.41) is 9.15. The van der Waals surface area contributed by atoms with Crippen molar-refractivity contribution in [3.63, 3.8) is 0 Å². The summed E-state index contributed by atoms with van der Waals surface area (Å²) in [5.41, 5.74) is 5.92. The summed E-state index contributed by atoms with van der Waals surface area (Å²) in [7, 11) is 0. The molecule has 0 aliphatic carbocycles. The third kappa shape index (κ3) is 8.18. The summed E-state index contributed by atoms with van der Waals surface area (Å²) in [6.45, 7) is 5.96. The van der Waals surface area contributed by atoms with E-state index >= 15 is 0 Å². The van der Waals surface area contributed by atoms with Gasteiger partial charge < -0.3 is 20.1 Å². The summed E-state index contributed by atoms with van der Waals surface area (Å²) in [4.78, 5) is 36.9. The Hall–Kier alpha value is -4.18. The average molecular weight is 567 g/mol. The topological polar surface area (TPSA) is 118 Å². The highest BCUT2D eigenvalue weighted by atomic mass is 79.9. The Morgan fingerprint density at radius 2 is 1.68 bits per heavy atom. The van der Waals surface area contributed by atoms with Gasteiger partial charge in [0.2, 0.25) is 0 Å². The lowest BCUT2D eigenvalue weighted by Crippen LogP contribution is -2.32. The van der Waals surface area contributed by atoms with Gasteiger partial charge in [0.1, 0.15) is 11.5 Å². The molecule has 9 nitrogen and oxygen atoms in total. The van der Waals surface area contributed by atoms with E-state index in [1.54, 1.807) is 42.5 Å². The van der Waals surface area contributed by atoms with Gasteiger partial charge in [0.15, 0.2) is 6.61 Å². The maximum Gasteiger partial charge on any atom is 0.329 e. The minimum absolute atomic E-state index is 0.233. The second-order valence-electron chi connectivity index (χ2n) is 7.90. The molecule has 3 rings (SSSR count). The molecule has 3 aromatic carbocycles. The van der Waals surface area contributed by atoms with E-state index in [0.717, 1.165) is 15.6 Å². The number of para-hydroxylation sites is 2. The number of carbonyl (C=O) groups excluding carboxylic acids is 3. The number of hydrogen-bond donors (Lipinski definition) is 3. The molecule has 0 spiro atoms. The molecule has 0 aliphatic heterocycles. The molecule has 0 atom stereocenters. The van der Waals surface area contributed by atoms with Crippen molar-refractivity contribution in [2.75, 3.05) is 23.8 Å². The van der Waals surface area contributed by atoms with Gasteiger partial charge in [-0.1, -0.05) is 34.1 Å². The number of aryl methyl sites for hydroxylation is 2. The minimum Gasteiger partial charge on any atom is -0.492 e. The Kier molecular flexibility index (Phi) is 9.79. The molecule has 192 valence electrons. The Morgan fingerprint density at radius 3 is 2.43 bits per heavy atom. The largest absolute Gasteiger partial charge is 0.492 e. The first-order valence-corrected chi connectivity index (χ1v) is 12.2. The number of halogens is 1. The van der Waals surface area contributed by atoms with Crippen molar-refractivity contribution in [1.29, 1.82) is 0 Å². The highest BCUT2D eigenvalue weighted by Gasteiger charge is 2.15. The van der Waals surface area contributed by atoms with Gasteiger partial charge in [0, 0.05) is 15.7 Å². The maximum absolute atomic E-state index is 12.4. The first kappa shape index (κ1) is 27.4. The summed E-state index contributed by atoms with van der Waals surface area (Å²) in [5.74, 6) is -1.38. The lowest BCUT2D eigenvalue weighted by Gasteiger charge is -2.11. The molecule has 0 radical (unpaired) electrons.